The zero-order chi connectivity index (χ0) is 9.71. The molecule has 2 unspecified atom stereocenters. The van der Waals surface area contributed by atoms with Gasteiger partial charge in [-0.1, -0.05) is 0 Å². The first-order chi connectivity index (χ1) is 6.74. The second-order valence-corrected chi connectivity index (χ2v) is 5.42. The average Bonchev–Trinajstić information content (AvgIpc) is 2.90. The normalized spacial score (nSPS) is 45.4. The second kappa shape index (κ2) is 3.19. The number of aliphatic hydroxyl groups is 1. The average molecular weight is 196 g/mol. The zero-order valence-electron chi connectivity index (χ0n) is 8.89. The van der Waals surface area contributed by atoms with Crippen LogP contribution in [0.2, 0.25) is 0 Å². The van der Waals surface area contributed by atoms with Crippen LogP contribution in [0.25, 0.3) is 0 Å². The highest BCUT2D eigenvalue weighted by atomic mass is 16.3. The molecule has 2 bridgehead atoms. The van der Waals surface area contributed by atoms with Crippen LogP contribution in [-0.2, 0) is 0 Å². The minimum atomic E-state index is -0.0267. The lowest BCUT2D eigenvalue weighted by Crippen LogP contribution is -2.59. The third-order valence-electron chi connectivity index (χ3n) is 4.06. The van der Waals surface area contributed by atoms with Crippen molar-refractivity contribution >= 4 is 0 Å². The molecular weight excluding hydrogens is 176 g/mol. The molecule has 2 saturated heterocycles. The molecule has 3 heteroatoms. The molecule has 2 aliphatic heterocycles. The highest BCUT2D eigenvalue weighted by molar-refractivity contribution is 4.97. The molecule has 0 amide bonds. The van der Waals surface area contributed by atoms with E-state index in [2.05, 4.69) is 16.8 Å². The fraction of sp³-hybridized carbons (Fsp3) is 1.00. The molecule has 1 saturated carbocycles. The van der Waals surface area contributed by atoms with Gasteiger partial charge in [-0.05, 0) is 19.9 Å². The van der Waals surface area contributed by atoms with Crippen molar-refractivity contribution in [2.75, 3.05) is 33.2 Å². The van der Waals surface area contributed by atoms with Crippen molar-refractivity contribution in [2.45, 2.75) is 25.0 Å². The number of likely N-dealkylation sites (tertiary alicyclic amines) is 2. The van der Waals surface area contributed by atoms with Gasteiger partial charge in [-0.3, -0.25) is 4.90 Å². The van der Waals surface area contributed by atoms with Gasteiger partial charge in [0.1, 0.15) is 0 Å². The van der Waals surface area contributed by atoms with Crippen LogP contribution >= 0.6 is 0 Å². The van der Waals surface area contributed by atoms with E-state index >= 15 is 0 Å². The lowest BCUT2D eigenvalue weighted by atomic mass is 9.82. The van der Waals surface area contributed by atoms with Crippen molar-refractivity contribution in [3.63, 3.8) is 0 Å². The van der Waals surface area contributed by atoms with E-state index in [1.807, 2.05) is 0 Å². The second-order valence-electron chi connectivity index (χ2n) is 5.42. The van der Waals surface area contributed by atoms with E-state index in [-0.39, 0.29) is 6.10 Å². The number of hydrogen-bond donors (Lipinski definition) is 1. The largest absolute Gasteiger partial charge is 0.392 e. The predicted octanol–water partition coefficient (Wildman–Crippen LogP) is 0.00310. The van der Waals surface area contributed by atoms with E-state index in [1.165, 1.54) is 12.8 Å². The summed E-state index contributed by atoms with van der Waals surface area (Å²) in [6, 6.07) is 0.871. The van der Waals surface area contributed by atoms with Crippen molar-refractivity contribution in [2.24, 2.45) is 11.8 Å². The molecule has 0 aromatic carbocycles. The summed E-state index contributed by atoms with van der Waals surface area (Å²) in [5, 5.41) is 10.1. The third-order valence-corrected chi connectivity index (χ3v) is 4.06. The fourth-order valence-corrected chi connectivity index (χ4v) is 3.22. The Kier molecular flexibility index (Phi) is 2.08. The number of rotatable bonds is 1. The molecule has 0 aromatic heterocycles. The Hall–Kier alpha value is -0.120. The zero-order valence-corrected chi connectivity index (χ0v) is 8.89. The molecule has 1 aliphatic carbocycles. The van der Waals surface area contributed by atoms with Crippen LogP contribution in [0, 0.1) is 11.8 Å². The summed E-state index contributed by atoms with van der Waals surface area (Å²) in [6.07, 6.45) is 2.76. The minimum Gasteiger partial charge on any atom is -0.392 e. The Bertz CT molecular complexity index is 213. The molecule has 14 heavy (non-hydrogen) atoms. The molecule has 2 atom stereocenters. The molecule has 0 aromatic rings. The maximum Gasteiger partial charge on any atom is 0.0645 e. The van der Waals surface area contributed by atoms with Crippen LogP contribution in [-0.4, -0.2) is 60.3 Å². The molecular formula is C11H20N2O. The first-order valence-electron chi connectivity index (χ1n) is 5.84. The summed E-state index contributed by atoms with van der Waals surface area (Å²) < 4.78 is 0. The topological polar surface area (TPSA) is 26.7 Å². The Morgan fingerprint density at radius 3 is 2.07 bits per heavy atom. The van der Waals surface area contributed by atoms with Crippen molar-refractivity contribution < 1.29 is 5.11 Å². The number of nitrogens with zero attached hydrogens (tertiary/aromatic N) is 2. The van der Waals surface area contributed by atoms with Gasteiger partial charge in [-0.2, -0.15) is 0 Å². The van der Waals surface area contributed by atoms with Crippen LogP contribution in [0.1, 0.15) is 12.8 Å². The fourth-order valence-electron chi connectivity index (χ4n) is 3.22. The van der Waals surface area contributed by atoms with Crippen molar-refractivity contribution in [1.29, 1.82) is 0 Å². The van der Waals surface area contributed by atoms with E-state index in [0.29, 0.717) is 11.8 Å². The lowest BCUT2D eigenvalue weighted by molar-refractivity contribution is -0.0741. The molecule has 1 N–H and O–H groups in total. The molecule has 2 heterocycles. The highest BCUT2D eigenvalue weighted by Gasteiger charge is 2.43. The van der Waals surface area contributed by atoms with E-state index in [0.717, 1.165) is 32.2 Å². The predicted molar refractivity (Wildman–Crippen MR) is 55.1 cm³/mol. The SMILES string of the molecule is CN1CC2CN(C3CC3)CC(C1)C2O. The van der Waals surface area contributed by atoms with Crippen molar-refractivity contribution in [3.05, 3.63) is 0 Å². The molecule has 80 valence electrons. The standard InChI is InChI=1S/C11H20N2O/c1-12-4-8-6-13(10-2-3-10)7-9(5-12)11(8)14/h8-11,14H,2-7H2,1H3. The maximum atomic E-state index is 10.1. The molecule has 0 radical (unpaired) electrons. The molecule has 3 aliphatic rings. The van der Waals surface area contributed by atoms with Crippen LogP contribution in [0.15, 0.2) is 0 Å². The van der Waals surface area contributed by atoms with Gasteiger partial charge in [0.05, 0.1) is 6.10 Å². The van der Waals surface area contributed by atoms with E-state index < -0.39 is 0 Å². The van der Waals surface area contributed by atoms with Gasteiger partial charge in [0.15, 0.2) is 0 Å². The van der Waals surface area contributed by atoms with Gasteiger partial charge in [-0.25, -0.2) is 0 Å². The molecule has 3 fully saturated rings. The van der Waals surface area contributed by atoms with Crippen LogP contribution in [0.4, 0.5) is 0 Å². The quantitative estimate of drug-likeness (QED) is 0.639. The summed E-state index contributed by atoms with van der Waals surface area (Å²) in [7, 11) is 2.18. The van der Waals surface area contributed by atoms with E-state index in [9.17, 15) is 5.11 Å². The van der Waals surface area contributed by atoms with Crippen LogP contribution < -0.4 is 0 Å². The van der Waals surface area contributed by atoms with E-state index in [4.69, 9.17) is 0 Å². The maximum absolute atomic E-state index is 10.1. The van der Waals surface area contributed by atoms with E-state index in [1.54, 1.807) is 0 Å². The summed E-state index contributed by atoms with van der Waals surface area (Å²) in [5.41, 5.74) is 0. The lowest BCUT2D eigenvalue weighted by Gasteiger charge is -2.48. The third kappa shape index (κ3) is 1.47. The number of aliphatic hydroxyl groups excluding tert-OH is 1. The highest BCUT2D eigenvalue weighted by Crippen LogP contribution is 2.35. The van der Waals surface area contributed by atoms with Crippen LogP contribution in [0.3, 0.4) is 0 Å². The summed E-state index contributed by atoms with van der Waals surface area (Å²) in [6.45, 7) is 4.43. The van der Waals surface area contributed by atoms with Crippen LogP contribution in [0.5, 0.6) is 0 Å². The van der Waals surface area contributed by atoms with Gasteiger partial charge in [0.25, 0.3) is 0 Å². The van der Waals surface area contributed by atoms with Gasteiger partial charge in [-0.15, -0.1) is 0 Å². The smallest absolute Gasteiger partial charge is 0.0645 e. The molecule has 3 rings (SSSR count). The van der Waals surface area contributed by atoms with Gasteiger partial charge < -0.3 is 10.0 Å². The first kappa shape index (κ1) is 9.13. The van der Waals surface area contributed by atoms with Crippen molar-refractivity contribution in [3.8, 4) is 0 Å². The Morgan fingerprint density at radius 1 is 1.00 bits per heavy atom. The summed E-state index contributed by atoms with van der Waals surface area (Å²) in [5.74, 6) is 1.01. The van der Waals surface area contributed by atoms with Crippen molar-refractivity contribution in [1.82, 2.24) is 9.80 Å². The number of hydrogen-bond acceptors (Lipinski definition) is 3. The summed E-state index contributed by atoms with van der Waals surface area (Å²) in [4.78, 5) is 5.00. The summed E-state index contributed by atoms with van der Waals surface area (Å²) >= 11 is 0. The number of fused-ring (bicyclic) bond motifs is 2. The Balaban J connectivity index is 1.72. The first-order valence-corrected chi connectivity index (χ1v) is 5.84. The Labute approximate surface area is 85.7 Å². The van der Waals surface area contributed by atoms with Gasteiger partial charge in [0.2, 0.25) is 0 Å². The molecule has 0 spiro atoms. The minimum absolute atomic E-state index is 0.0267. The van der Waals surface area contributed by atoms with Gasteiger partial charge in [0, 0.05) is 44.1 Å². The monoisotopic (exact) mass is 196 g/mol. The Morgan fingerprint density at radius 2 is 1.57 bits per heavy atom. The molecule has 3 nitrogen and oxygen atoms in total. The number of piperidine rings is 2. The van der Waals surface area contributed by atoms with Gasteiger partial charge >= 0.3 is 0 Å².